The molecule has 208 valence electrons. The van der Waals surface area contributed by atoms with E-state index >= 15 is 8.78 Å². The number of anilines is 2. The number of rotatable bonds is 7. The maximum Gasteiger partial charge on any atom is 0.256 e. The fourth-order valence-electron chi connectivity index (χ4n) is 5.45. The second kappa shape index (κ2) is 9.59. The maximum atomic E-state index is 15.4. The number of aryl methyl sites for hydroxylation is 1. The second-order valence-electron chi connectivity index (χ2n) is 10.4. The number of imidazole rings is 1. The first kappa shape index (κ1) is 25.7. The quantitative estimate of drug-likeness (QED) is 0.340. The minimum Gasteiger partial charge on any atom is -0.377 e. The highest BCUT2D eigenvalue weighted by molar-refractivity contribution is 5.89. The van der Waals surface area contributed by atoms with E-state index < -0.39 is 31.0 Å². The number of likely N-dealkylation sites (tertiary alicyclic amines) is 1. The molecule has 0 amide bonds. The van der Waals surface area contributed by atoms with E-state index in [0.29, 0.717) is 48.9 Å². The summed E-state index contributed by atoms with van der Waals surface area (Å²) in [5.74, 6) is 0.229. The van der Waals surface area contributed by atoms with E-state index in [0.717, 1.165) is 0 Å². The minimum atomic E-state index is -2.60. The van der Waals surface area contributed by atoms with Crippen LogP contribution in [0.25, 0.3) is 27.9 Å². The zero-order valence-corrected chi connectivity index (χ0v) is 21.8. The third kappa shape index (κ3) is 4.44. The van der Waals surface area contributed by atoms with Crippen molar-refractivity contribution >= 4 is 28.4 Å². The molecule has 0 aromatic carbocycles. The Morgan fingerprint density at radius 3 is 2.67 bits per heavy atom. The number of alkyl halides is 3. The monoisotopic (exact) mass is 547 g/mol. The van der Waals surface area contributed by atoms with Crippen LogP contribution in [0.5, 0.6) is 0 Å². The zero-order valence-electron chi connectivity index (χ0n) is 21.8. The van der Waals surface area contributed by atoms with Crippen molar-refractivity contribution in [2.45, 2.75) is 51.0 Å². The number of fused-ring (bicyclic) bond motifs is 2. The highest BCUT2D eigenvalue weighted by Crippen LogP contribution is 2.34. The summed E-state index contributed by atoms with van der Waals surface area (Å²) in [4.78, 5) is 15.4. The SMILES string of the molecule is CNc1nc(N[C@@H]2CCN(C3(C)COC3)C[C@@H]2F)nn2cc(F)c(-c3ccc4nc(C)n(CC(F)F)c4n3)c12. The summed E-state index contributed by atoms with van der Waals surface area (Å²) in [7, 11) is 1.64. The van der Waals surface area contributed by atoms with E-state index in [-0.39, 0.29) is 34.9 Å². The summed E-state index contributed by atoms with van der Waals surface area (Å²) < 4.78 is 64.8. The minimum absolute atomic E-state index is 0.114. The molecule has 2 fully saturated rings. The Kier molecular flexibility index (Phi) is 6.33. The summed E-state index contributed by atoms with van der Waals surface area (Å²) >= 11 is 0. The van der Waals surface area contributed by atoms with Crippen molar-refractivity contribution in [1.82, 2.24) is 34.0 Å². The fraction of sp³-hybridized carbons (Fsp3) is 0.520. The van der Waals surface area contributed by atoms with Gasteiger partial charge in [-0.3, -0.25) is 4.90 Å². The molecule has 39 heavy (non-hydrogen) atoms. The molecule has 2 aliphatic rings. The van der Waals surface area contributed by atoms with Gasteiger partial charge in [-0.15, -0.1) is 5.10 Å². The second-order valence-corrected chi connectivity index (χ2v) is 10.4. The number of piperidine rings is 1. The molecule has 10 nitrogen and oxygen atoms in total. The average molecular weight is 548 g/mol. The third-order valence-corrected chi connectivity index (χ3v) is 7.63. The molecule has 6 heterocycles. The van der Waals surface area contributed by atoms with Crippen molar-refractivity contribution in [3.8, 4) is 11.3 Å². The topological polar surface area (TPSA) is 97.4 Å². The van der Waals surface area contributed by atoms with E-state index in [4.69, 9.17) is 4.74 Å². The summed E-state index contributed by atoms with van der Waals surface area (Å²) in [5.41, 5.74) is 1.19. The van der Waals surface area contributed by atoms with Crippen molar-refractivity contribution in [3.05, 3.63) is 30.0 Å². The lowest BCUT2D eigenvalue weighted by Crippen LogP contribution is -2.64. The van der Waals surface area contributed by atoms with Crippen LogP contribution in [0.2, 0.25) is 0 Å². The highest BCUT2D eigenvalue weighted by atomic mass is 19.3. The van der Waals surface area contributed by atoms with E-state index in [2.05, 4.69) is 42.5 Å². The Labute approximate surface area is 221 Å². The zero-order chi connectivity index (χ0) is 27.5. The normalized spacial score (nSPS) is 21.5. The van der Waals surface area contributed by atoms with Gasteiger partial charge in [0, 0.05) is 20.1 Å². The first-order chi connectivity index (χ1) is 18.7. The standard InChI is InChI=1S/C25H29F4N9O/c1-13-31-18-5-4-17(32-23(18)37(13)10-19(28)29)20-15(27)9-38-21(20)22(30-3)34-24(35-38)33-16-6-7-36(8-14(16)26)25(2)11-39-12-25/h4-5,9,14,16,19H,6-8,10-12H2,1-3H3,(H2,30,33,34,35)/t14-,16+/m0/s1. The predicted octanol–water partition coefficient (Wildman–Crippen LogP) is 3.51. The van der Waals surface area contributed by atoms with Crippen LogP contribution in [0.4, 0.5) is 29.3 Å². The van der Waals surface area contributed by atoms with Gasteiger partial charge in [-0.25, -0.2) is 32.0 Å². The van der Waals surface area contributed by atoms with Gasteiger partial charge in [0.2, 0.25) is 5.95 Å². The molecule has 0 unspecified atom stereocenters. The van der Waals surface area contributed by atoms with Crippen LogP contribution in [0, 0.1) is 12.7 Å². The van der Waals surface area contributed by atoms with Crippen molar-refractivity contribution in [2.75, 3.05) is 44.0 Å². The molecule has 0 saturated carbocycles. The van der Waals surface area contributed by atoms with Crippen LogP contribution in [-0.4, -0.2) is 91.6 Å². The molecule has 0 spiro atoms. The van der Waals surface area contributed by atoms with Gasteiger partial charge in [0.25, 0.3) is 6.43 Å². The lowest BCUT2D eigenvalue weighted by atomic mass is 9.92. The van der Waals surface area contributed by atoms with Gasteiger partial charge < -0.3 is 19.9 Å². The number of hydrogen-bond donors (Lipinski definition) is 2. The van der Waals surface area contributed by atoms with E-state index in [1.807, 2.05) is 0 Å². The number of nitrogens with zero attached hydrogens (tertiary/aromatic N) is 7. The van der Waals surface area contributed by atoms with Crippen LogP contribution in [0.1, 0.15) is 19.2 Å². The summed E-state index contributed by atoms with van der Waals surface area (Å²) in [6, 6.07) is 2.70. The Hall–Kier alpha value is -3.52. The summed E-state index contributed by atoms with van der Waals surface area (Å²) in [6.07, 6.45) is -2.00. The molecular formula is C25H29F4N9O. The number of halogens is 4. The maximum absolute atomic E-state index is 15.4. The van der Waals surface area contributed by atoms with Crippen molar-refractivity contribution < 1.29 is 22.3 Å². The van der Waals surface area contributed by atoms with Gasteiger partial charge in [0.15, 0.2) is 17.3 Å². The van der Waals surface area contributed by atoms with Crippen LogP contribution in [0.15, 0.2) is 18.3 Å². The molecule has 0 aliphatic carbocycles. The Balaban J connectivity index is 1.32. The molecule has 6 rings (SSSR count). The highest BCUT2D eigenvalue weighted by Gasteiger charge is 2.43. The van der Waals surface area contributed by atoms with Gasteiger partial charge in [0.05, 0.1) is 48.8 Å². The number of hydrogen-bond acceptors (Lipinski definition) is 8. The Morgan fingerprint density at radius 1 is 1.21 bits per heavy atom. The predicted molar refractivity (Wildman–Crippen MR) is 137 cm³/mol. The molecule has 14 heteroatoms. The molecule has 0 bridgehead atoms. The number of ether oxygens (including phenoxy) is 1. The number of pyridine rings is 1. The lowest BCUT2D eigenvalue weighted by Gasteiger charge is -2.50. The van der Waals surface area contributed by atoms with E-state index in [1.54, 1.807) is 26.1 Å². The van der Waals surface area contributed by atoms with Gasteiger partial charge in [-0.05, 0) is 32.4 Å². The smallest absolute Gasteiger partial charge is 0.256 e. The Morgan fingerprint density at radius 2 is 2.00 bits per heavy atom. The molecule has 0 radical (unpaired) electrons. The first-order valence-corrected chi connectivity index (χ1v) is 12.8. The van der Waals surface area contributed by atoms with Gasteiger partial charge in [-0.2, -0.15) is 4.98 Å². The average Bonchev–Trinajstić information content (AvgIpc) is 3.37. The van der Waals surface area contributed by atoms with E-state index in [1.165, 1.54) is 15.3 Å². The van der Waals surface area contributed by atoms with Crippen LogP contribution in [-0.2, 0) is 11.3 Å². The van der Waals surface area contributed by atoms with Crippen LogP contribution in [0.3, 0.4) is 0 Å². The van der Waals surface area contributed by atoms with Gasteiger partial charge in [0.1, 0.15) is 23.0 Å². The number of nitrogens with one attached hydrogen (secondary N) is 2. The van der Waals surface area contributed by atoms with Crippen LogP contribution >= 0.6 is 0 Å². The Bertz CT molecular complexity index is 1530. The summed E-state index contributed by atoms with van der Waals surface area (Å²) in [5, 5.41) is 10.5. The molecule has 2 saturated heterocycles. The number of aromatic nitrogens is 6. The van der Waals surface area contributed by atoms with Crippen molar-refractivity contribution in [3.63, 3.8) is 0 Å². The van der Waals surface area contributed by atoms with Crippen molar-refractivity contribution in [1.29, 1.82) is 0 Å². The van der Waals surface area contributed by atoms with E-state index in [9.17, 15) is 8.78 Å². The largest absolute Gasteiger partial charge is 0.377 e. The first-order valence-electron chi connectivity index (χ1n) is 12.8. The molecule has 2 atom stereocenters. The van der Waals surface area contributed by atoms with Crippen molar-refractivity contribution in [2.24, 2.45) is 0 Å². The molecule has 4 aromatic rings. The molecular weight excluding hydrogens is 518 g/mol. The third-order valence-electron chi connectivity index (χ3n) is 7.63. The fourth-order valence-corrected chi connectivity index (χ4v) is 5.45. The molecule has 4 aromatic heterocycles. The van der Waals surface area contributed by atoms with Gasteiger partial charge >= 0.3 is 0 Å². The van der Waals surface area contributed by atoms with Crippen LogP contribution < -0.4 is 10.6 Å². The summed E-state index contributed by atoms with van der Waals surface area (Å²) in [6.45, 7) is 5.30. The van der Waals surface area contributed by atoms with Gasteiger partial charge in [-0.1, -0.05) is 0 Å². The molecule has 2 aliphatic heterocycles. The lowest BCUT2D eigenvalue weighted by molar-refractivity contribution is -0.142. The molecule has 2 N–H and O–H groups in total.